The molecule has 21 heavy (non-hydrogen) atoms. The van der Waals surface area contributed by atoms with Crippen LogP contribution in [-0.2, 0) is 4.79 Å². The van der Waals surface area contributed by atoms with Crippen LogP contribution in [-0.4, -0.2) is 29.2 Å². The van der Waals surface area contributed by atoms with Gasteiger partial charge in [-0.3, -0.25) is 0 Å². The largest absolute Gasteiger partial charge is 0.480 e. The molecule has 2 unspecified atom stereocenters. The lowest BCUT2D eigenvalue weighted by Gasteiger charge is -2.26. The van der Waals surface area contributed by atoms with Crippen LogP contribution in [0.2, 0.25) is 0 Å². The van der Waals surface area contributed by atoms with E-state index in [-0.39, 0.29) is 5.92 Å². The fraction of sp³-hybridized carbons (Fsp3) is 0.500. The molecule has 0 spiro atoms. The number of amides is 2. The highest BCUT2D eigenvalue weighted by molar-refractivity contribution is 5.85. The van der Waals surface area contributed by atoms with Gasteiger partial charge in [0.2, 0.25) is 0 Å². The maximum Gasteiger partial charge on any atom is 0.329 e. The molecule has 0 saturated heterocycles. The van der Waals surface area contributed by atoms with Gasteiger partial charge in [0, 0.05) is 6.54 Å². The van der Waals surface area contributed by atoms with Crippen molar-refractivity contribution in [2.75, 3.05) is 6.54 Å². The molecule has 0 bridgehead atoms. The Morgan fingerprint density at radius 3 is 2.43 bits per heavy atom. The SMILES string of the molecule is CCCC(C)(NC(=O)NCC(C)c1ccccc1)C(=O)O. The maximum atomic E-state index is 11.9. The van der Waals surface area contributed by atoms with Gasteiger partial charge in [-0.05, 0) is 24.8 Å². The van der Waals surface area contributed by atoms with Gasteiger partial charge >= 0.3 is 12.0 Å². The molecular formula is C16H24N2O3. The third-order valence-corrected chi connectivity index (χ3v) is 3.55. The van der Waals surface area contributed by atoms with Gasteiger partial charge in [-0.2, -0.15) is 0 Å². The standard InChI is InChI=1S/C16H24N2O3/c1-4-10-16(3,14(19)20)18-15(21)17-11-12(2)13-8-6-5-7-9-13/h5-9,12H,4,10-11H2,1-3H3,(H,19,20)(H2,17,18,21). The van der Waals surface area contributed by atoms with Crippen molar-refractivity contribution in [3.8, 4) is 0 Å². The van der Waals surface area contributed by atoms with E-state index < -0.39 is 17.5 Å². The second-order valence-corrected chi connectivity index (χ2v) is 5.53. The summed E-state index contributed by atoms with van der Waals surface area (Å²) < 4.78 is 0. The summed E-state index contributed by atoms with van der Waals surface area (Å²) in [5.41, 5.74) is -0.0956. The minimum absolute atomic E-state index is 0.166. The highest BCUT2D eigenvalue weighted by atomic mass is 16.4. The number of carbonyl (C=O) groups is 2. The number of rotatable bonds is 7. The van der Waals surface area contributed by atoms with Gasteiger partial charge in [-0.1, -0.05) is 50.6 Å². The number of benzene rings is 1. The Labute approximate surface area is 125 Å². The molecule has 116 valence electrons. The van der Waals surface area contributed by atoms with Crippen LogP contribution in [0, 0.1) is 0 Å². The quantitative estimate of drug-likeness (QED) is 0.723. The van der Waals surface area contributed by atoms with Crippen LogP contribution < -0.4 is 10.6 Å². The van der Waals surface area contributed by atoms with E-state index >= 15 is 0 Å². The molecule has 3 N–H and O–H groups in total. The fourth-order valence-electron chi connectivity index (χ4n) is 2.16. The second kappa shape index (κ2) is 7.67. The first-order chi connectivity index (χ1) is 9.89. The summed E-state index contributed by atoms with van der Waals surface area (Å²) in [6.45, 7) is 5.88. The van der Waals surface area contributed by atoms with E-state index in [0.29, 0.717) is 19.4 Å². The molecule has 1 rings (SSSR count). The number of carboxylic acids is 1. The van der Waals surface area contributed by atoms with Crippen molar-refractivity contribution in [3.63, 3.8) is 0 Å². The highest BCUT2D eigenvalue weighted by Crippen LogP contribution is 2.14. The second-order valence-electron chi connectivity index (χ2n) is 5.53. The van der Waals surface area contributed by atoms with E-state index in [1.165, 1.54) is 6.92 Å². The number of urea groups is 1. The van der Waals surface area contributed by atoms with Crippen molar-refractivity contribution in [1.82, 2.24) is 10.6 Å². The summed E-state index contributed by atoms with van der Waals surface area (Å²) in [4.78, 5) is 23.2. The van der Waals surface area contributed by atoms with Crippen LogP contribution in [0.5, 0.6) is 0 Å². The molecule has 0 fully saturated rings. The smallest absolute Gasteiger partial charge is 0.329 e. The summed E-state index contributed by atoms with van der Waals surface area (Å²) in [6, 6.07) is 9.41. The van der Waals surface area contributed by atoms with Gasteiger partial charge < -0.3 is 15.7 Å². The number of carboxylic acid groups (broad SMARTS) is 1. The Morgan fingerprint density at radius 1 is 1.29 bits per heavy atom. The van der Waals surface area contributed by atoms with E-state index in [2.05, 4.69) is 10.6 Å². The molecule has 5 heteroatoms. The van der Waals surface area contributed by atoms with Crippen molar-refractivity contribution in [2.24, 2.45) is 0 Å². The van der Waals surface area contributed by atoms with Crippen molar-refractivity contribution in [2.45, 2.75) is 45.1 Å². The third-order valence-electron chi connectivity index (χ3n) is 3.55. The maximum absolute atomic E-state index is 11.9. The molecule has 2 atom stereocenters. The van der Waals surface area contributed by atoms with Crippen molar-refractivity contribution < 1.29 is 14.7 Å². The molecular weight excluding hydrogens is 268 g/mol. The van der Waals surface area contributed by atoms with Gasteiger partial charge in [0.15, 0.2) is 0 Å². The summed E-state index contributed by atoms with van der Waals surface area (Å²) >= 11 is 0. The highest BCUT2D eigenvalue weighted by Gasteiger charge is 2.33. The molecule has 0 saturated carbocycles. The Kier molecular flexibility index (Phi) is 6.21. The molecule has 0 aliphatic carbocycles. The predicted molar refractivity (Wildman–Crippen MR) is 82.3 cm³/mol. The van der Waals surface area contributed by atoms with Gasteiger partial charge in [0.1, 0.15) is 5.54 Å². The molecule has 1 aromatic carbocycles. The Hall–Kier alpha value is -2.04. The van der Waals surface area contributed by atoms with Gasteiger partial charge in [-0.25, -0.2) is 9.59 Å². The lowest BCUT2D eigenvalue weighted by Crippen LogP contribution is -2.55. The van der Waals surface area contributed by atoms with Crippen LogP contribution >= 0.6 is 0 Å². The van der Waals surface area contributed by atoms with E-state index in [1.54, 1.807) is 0 Å². The third kappa shape index (κ3) is 5.10. The van der Waals surface area contributed by atoms with Crippen molar-refractivity contribution >= 4 is 12.0 Å². The number of hydrogen-bond acceptors (Lipinski definition) is 2. The lowest BCUT2D eigenvalue weighted by molar-refractivity contribution is -0.144. The zero-order valence-corrected chi connectivity index (χ0v) is 12.8. The monoisotopic (exact) mass is 292 g/mol. The van der Waals surface area contributed by atoms with Crippen molar-refractivity contribution in [3.05, 3.63) is 35.9 Å². The van der Waals surface area contributed by atoms with E-state index in [4.69, 9.17) is 0 Å². The molecule has 0 radical (unpaired) electrons. The minimum Gasteiger partial charge on any atom is -0.480 e. The lowest BCUT2D eigenvalue weighted by atomic mass is 9.96. The van der Waals surface area contributed by atoms with Crippen LogP contribution in [0.4, 0.5) is 4.79 Å². The Balaban J connectivity index is 2.52. The average molecular weight is 292 g/mol. The predicted octanol–water partition coefficient (Wildman–Crippen LogP) is 2.73. The zero-order chi connectivity index (χ0) is 15.9. The number of carbonyl (C=O) groups excluding carboxylic acids is 1. The molecule has 0 aliphatic heterocycles. The van der Waals surface area contributed by atoms with Crippen LogP contribution in [0.15, 0.2) is 30.3 Å². The topological polar surface area (TPSA) is 78.4 Å². The first kappa shape index (κ1) is 17.0. The first-order valence-corrected chi connectivity index (χ1v) is 7.23. The van der Waals surface area contributed by atoms with Gasteiger partial charge in [0.25, 0.3) is 0 Å². The summed E-state index contributed by atoms with van der Waals surface area (Å²) in [6.07, 6.45) is 1.08. The minimum atomic E-state index is -1.23. The van der Waals surface area contributed by atoms with E-state index in [1.807, 2.05) is 44.2 Å². The number of aliphatic carboxylic acids is 1. The molecule has 5 nitrogen and oxygen atoms in total. The zero-order valence-electron chi connectivity index (χ0n) is 12.8. The van der Waals surface area contributed by atoms with Gasteiger partial charge in [-0.15, -0.1) is 0 Å². The van der Waals surface area contributed by atoms with Crippen LogP contribution in [0.1, 0.15) is 45.1 Å². The number of hydrogen-bond donors (Lipinski definition) is 3. The molecule has 1 aromatic rings. The fourth-order valence-corrected chi connectivity index (χ4v) is 2.16. The van der Waals surface area contributed by atoms with Crippen LogP contribution in [0.25, 0.3) is 0 Å². The molecule has 0 aromatic heterocycles. The Bertz CT molecular complexity index is 476. The summed E-state index contributed by atoms with van der Waals surface area (Å²) in [5, 5.41) is 14.5. The summed E-state index contributed by atoms with van der Waals surface area (Å²) in [5.74, 6) is -0.852. The molecule has 0 heterocycles. The van der Waals surface area contributed by atoms with Crippen molar-refractivity contribution in [1.29, 1.82) is 0 Å². The summed E-state index contributed by atoms with van der Waals surface area (Å²) in [7, 11) is 0. The van der Waals surface area contributed by atoms with E-state index in [0.717, 1.165) is 5.56 Å². The van der Waals surface area contributed by atoms with Crippen LogP contribution in [0.3, 0.4) is 0 Å². The first-order valence-electron chi connectivity index (χ1n) is 7.23. The Morgan fingerprint density at radius 2 is 1.90 bits per heavy atom. The van der Waals surface area contributed by atoms with Gasteiger partial charge in [0.05, 0.1) is 0 Å². The van der Waals surface area contributed by atoms with E-state index in [9.17, 15) is 14.7 Å². The average Bonchev–Trinajstić information content (AvgIpc) is 2.45. The molecule has 0 aliphatic rings. The normalized spacial score (nSPS) is 14.8. The number of nitrogens with one attached hydrogen (secondary N) is 2. The molecule has 2 amide bonds.